The third-order valence-corrected chi connectivity index (χ3v) is 0. The molecule has 0 saturated carbocycles. The van der Waals surface area contributed by atoms with E-state index in [0.29, 0.717) is 0 Å². The molecule has 64 valence electrons. The first-order valence-corrected chi connectivity index (χ1v) is 2.46. The minimum absolute atomic E-state index is 0. The van der Waals surface area contributed by atoms with Crippen LogP contribution in [-0.4, -0.2) is 52.0 Å². The van der Waals surface area contributed by atoms with Crippen LogP contribution in [-0.2, 0) is 0 Å². The summed E-state index contributed by atoms with van der Waals surface area (Å²) >= 11 is 0. The minimum Gasteiger partial charge on any atom is -0.870 e. The average Bonchev–Trinajstić information content (AvgIpc) is 1.19. The van der Waals surface area contributed by atoms with E-state index in [0.717, 1.165) is 0 Å². The summed E-state index contributed by atoms with van der Waals surface area (Å²) in [6.45, 7) is 0. The Bertz CT molecular complexity index is 81.5. The molecule has 0 rings (SSSR count). The SMILES string of the molecule is O=C([O-])[O-].[Al+3].[Mg+2].[O-][Cl+3]([O-])([O-])[O-].[OH-]. The van der Waals surface area contributed by atoms with Crippen LogP contribution in [0.5, 0.6) is 0 Å². The number of carbonyl (C=O) groups excluding carboxylic acids is 1. The second-order valence-corrected chi connectivity index (χ2v) is 1.38. The Morgan fingerprint density at radius 2 is 1.00 bits per heavy atom. The van der Waals surface area contributed by atoms with Crippen molar-refractivity contribution in [3.8, 4) is 0 Å². The van der Waals surface area contributed by atoms with E-state index in [1.54, 1.807) is 0 Å². The van der Waals surface area contributed by atoms with E-state index in [9.17, 15) is 0 Å². The molecule has 1 N–H and O–H groups in total. The number of carboxylic acid groups (broad SMARTS) is 2. The quantitative estimate of drug-likeness (QED) is 0.365. The topological polar surface area (TPSA) is 185 Å². The molecule has 8 nitrogen and oxygen atoms in total. The fourth-order valence-electron chi connectivity index (χ4n) is 0. The van der Waals surface area contributed by atoms with Crippen molar-refractivity contribution in [2.45, 2.75) is 0 Å². The molecule has 0 aromatic rings. The third kappa shape index (κ3) is 2290. The maximum atomic E-state index is 8.49. The Labute approximate surface area is 95.8 Å². The molecule has 0 heterocycles. The fourth-order valence-corrected chi connectivity index (χ4v) is 0. The van der Waals surface area contributed by atoms with Gasteiger partial charge < -0.3 is 20.5 Å². The second kappa shape index (κ2) is 14.2. The van der Waals surface area contributed by atoms with Crippen LogP contribution in [0.4, 0.5) is 4.79 Å². The molecule has 12 heavy (non-hydrogen) atoms. The molecule has 0 aliphatic rings. The van der Waals surface area contributed by atoms with Gasteiger partial charge in [-0.15, -0.1) is 10.2 Å². The van der Waals surface area contributed by atoms with E-state index in [2.05, 4.69) is 0 Å². The van der Waals surface area contributed by atoms with Gasteiger partial charge in [-0.25, -0.2) is 18.6 Å². The summed E-state index contributed by atoms with van der Waals surface area (Å²) in [5, 5.41) is 16.7. The minimum atomic E-state index is -4.94. The van der Waals surface area contributed by atoms with Crippen molar-refractivity contribution in [3.63, 3.8) is 0 Å². The van der Waals surface area contributed by atoms with Gasteiger partial charge in [0.25, 0.3) is 0 Å². The van der Waals surface area contributed by atoms with Gasteiger partial charge in [0.2, 0.25) is 0 Å². The molecule has 0 fully saturated rings. The van der Waals surface area contributed by atoms with E-state index in [-0.39, 0.29) is 45.9 Å². The van der Waals surface area contributed by atoms with Crippen molar-refractivity contribution >= 4 is 46.6 Å². The predicted molar refractivity (Wildman–Crippen MR) is 18.8 cm³/mol. The van der Waals surface area contributed by atoms with E-state index in [1.807, 2.05) is 0 Å². The van der Waals surface area contributed by atoms with Gasteiger partial charge in [-0.05, 0) is 6.16 Å². The number of carbonyl (C=O) groups is 1. The monoisotopic (exact) mass is 227 g/mol. The van der Waals surface area contributed by atoms with Crippen molar-refractivity contribution in [1.82, 2.24) is 0 Å². The first kappa shape index (κ1) is 29.3. The van der Waals surface area contributed by atoms with Gasteiger partial charge in [0.1, 0.15) is 0 Å². The van der Waals surface area contributed by atoms with Gasteiger partial charge in [-0.3, -0.25) is 0 Å². The van der Waals surface area contributed by atoms with E-state index in [4.69, 9.17) is 33.6 Å². The van der Waals surface area contributed by atoms with Crippen molar-refractivity contribution in [2.24, 2.45) is 0 Å². The van der Waals surface area contributed by atoms with Crippen LogP contribution in [0.15, 0.2) is 0 Å². The molecule has 0 atom stereocenters. The van der Waals surface area contributed by atoms with Gasteiger partial charge >= 0.3 is 40.4 Å². The zero-order valence-corrected chi connectivity index (χ0v) is 8.79. The molecule has 11 heteroatoms. The maximum absolute atomic E-state index is 8.49. The van der Waals surface area contributed by atoms with Crippen LogP contribution in [0.1, 0.15) is 0 Å². The average molecular weight is 228 g/mol. The molecule has 0 saturated heterocycles. The first-order valence-electron chi connectivity index (χ1n) is 1.23. The summed E-state index contributed by atoms with van der Waals surface area (Å²) in [7, 11) is -4.94. The van der Waals surface area contributed by atoms with Crippen molar-refractivity contribution in [1.29, 1.82) is 0 Å². The molecule has 0 aromatic heterocycles. The van der Waals surface area contributed by atoms with Crippen molar-refractivity contribution in [3.05, 3.63) is 0 Å². The van der Waals surface area contributed by atoms with Gasteiger partial charge in [0, 0.05) is 0 Å². The second-order valence-electron chi connectivity index (χ2n) is 0.628. The zero-order chi connectivity index (χ0) is 8.08. The molecule has 0 bridgehead atoms. The first-order chi connectivity index (χ1) is 3.73. The Hall–Kier alpha value is 0.659. The van der Waals surface area contributed by atoms with Crippen LogP contribution in [0.2, 0.25) is 0 Å². The van der Waals surface area contributed by atoms with Gasteiger partial charge in [-0.1, -0.05) is 0 Å². The van der Waals surface area contributed by atoms with Gasteiger partial charge in [-0.2, -0.15) is 0 Å². The summed E-state index contributed by atoms with van der Waals surface area (Å²) in [6.07, 6.45) is -2.33. The summed E-state index contributed by atoms with van der Waals surface area (Å²) in [5.41, 5.74) is 0. The standard InChI is InChI=1S/CH2O3.Al.ClHO4.Mg.H2O/c2-1(3)4;;2-1(3,4)5;;/h(H2,2,3,4);;(H,2,3,4,5);;1H2/q;+3;;+2;/p-4. The van der Waals surface area contributed by atoms with E-state index >= 15 is 0 Å². The molecule has 0 radical (unpaired) electrons. The molecular weight excluding hydrogens is 227 g/mol. The van der Waals surface area contributed by atoms with Gasteiger partial charge in [0.15, 0.2) is 0 Å². The number of halogens is 1. The normalized spacial score (nSPS) is 7.00. The number of hydrogen-bond acceptors (Lipinski definition) is 8. The Morgan fingerprint density at radius 3 is 1.00 bits per heavy atom. The zero-order valence-electron chi connectivity index (χ0n) is 5.47. The van der Waals surface area contributed by atoms with Crippen LogP contribution in [0.3, 0.4) is 0 Å². The number of hydrogen-bond donors (Lipinski definition) is 0. The molecule has 0 aliphatic carbocycles. The molecule has 0 aliphatic heterocycles. The maximum Gasteiger partial charge on any atom is 3.00 e. The Kier molecular flexibility index (Phi) is 34.7. The molecule has 0 amide bonds. The predicted octanol–water partition coefficient (Wildman–Crippen LogP) is -8.14. The summed E-state index contributed by atoms with van der Waals surface area (Å²) in [4.78, 5) is 8.33. The summed E-state index contributed by atoms with van der Waals surface area (Å²) in [5.74, 6) is 0. The Balaban J connectivity index is -0.0000000221. The Morgan fingerprint density at radius 1 is 1.00 bits per heavy atom. The summed E-state index contributed by atoms with van der Waals surface area (Å²) < 4.78 is 34.0. The largest absolute Gasteiger partial charge is 3.00 e. The summed E-state index contributed by atoms with van der Waals surface area (Å²) in [6, 6.07) is 0. The fraction of sp³-hybridized carbons (Fsp3) is 0. The smallest absolute Gasteiger partial charge is 0.870 e. The molecule has 0 spiro atoms. The molecule has 0 unspecified atom stereocenters. The van der Waals surface area contributed by atoms with E-state index in [1.165, 1.54) is 0 Å². The van der Waals surface area contributed by atoms with Crippen molar-refractivity contribution < 1.29 is 49.4 Å². The van der Waals surface area contributed by atoms with Crippen molar-refractivity contribution in [2.75, 3.05) is 0 Å². The molecule has 0 aromatic carbocycles. The van der Waals surface area contributed by atoms with E-state index < -0.39 is 16.4 Å². The van der Waals surface area contributed by atoms with Crippen LogP contribution >= 0.6 is 0 Å². The third-order valence-electron chi connectivity index (χ3n) is 0. The number of rotatable bonds is 0. The van der Waals surface area contributed by atoms with Crippen LogP contribution < -0.4 is 28.8 Å². The van der Waals surface area contributed by atoms with Gasteiger partial charge in [0.05, 0.1) is 0 Å². The van der Waals surface area contributed by atoms with Crippen LogP contribution in [0, 0.1) is 10.2 Å². The van der Waals surface area contributed by atoms with Crippen LogP contribution in [0.25, 0.3) is 0 Å². The molecular formula is CHAlClMgO8+.